The maximum Gasteiger partial charge on any atom is 0.276 e. The fourth-order valence-electron chi connectivity index (χ4n) is 1.99. The van der Waals surface area contributed by atoms with Crippen molar-refractivity contribution in [1.82, 2.24) is 25.3 Å². The van der Waals surface area contributed by atoms with Crippen molar-refractivity contribution >= 4 is 0 Å². The van der Waals surface area contributed by atoms with Crippen LogP contribution in [-0.4, -0.2) is 46.2 Å². The highest BCUT2D eigenvalue weighted by Gasteiger charge is 2.15. The van der Waals surface area contributed by atoms with Crippen LogP contribution in [0.25, 0.3) is 11.6 Å². The van der Waals surface area contributed by atoms with Gasteiger partial charge in [-0.3, -0.25) is 4.90 Å². The lowest BCUT2D eigenvalue weighted by atomic mass is 10.3. The molecule has 0 aliphatic carbocycles. The van der Waals surface area contributed by atoms with Crippen molar-refractivity contribution in [3.63, 3.8) is 0 Å². The smallest absolute Gasteiger partial charge is 0.276 e. The topological polar surface area (TPSA) is 67.1 Å². The van der Waals surface area contributed by atoms with Crippen LogP contribution in [0.5, 0.6) is 0 Å². The van der Waals surface area contributed by atoms with Crippen molar-refractivity contribution in [2.45, 2.75) is 6.54 Å². The van der Waals surface area contributed by atoms with E-state index in [0.717, 1.165) is 32.4 Å². The van der Waals surface area contributed by atoms with E-state index in [1.165, 1.54) is 12.1 Å². The standard InChI is InChI=1S/C12H14FN5O/c13-9-1-2-10(15-7-9)12-16-11(17-19-12)8-18-5-3-14-4-6-18/h1-2,7,14H,3-6,8H2. The molecule has 0 radical (unpaired) electrons. The molecular weight excluding hydrogens is 249 g/mol. The van der Waals surface area contributed by atoms with Crippen molar-refractivity contribution in [1.29, 1.82) is 0 Å². The highest BCUT2D eigenvalue weighted by Crippen LogP contribution is 2.15. The number of pyridine rings is 1. The Balaban J connectivity index is 1.70. The third-order valence-electron chi connectivity index (χ3n) is 2.99. The van der Waals surface area contributed by atoms with E-state index in [1.54, 1.807) is 0 Å². The number of hydrogen-bond acceptors (Lipinski definition) is 6. The number of rotatable bonds is 3. The van der Waals surface area contributed by atoms with Crippen molar-refractivity contribution in [3.05, 3.63) is 30.0 Å². The molecule has 0 atom stereocenters. The Hall–Kier alpha value is -1.86. The fraction of sp³-hybridized carbons (Fsp3) is 0.417. The van der Waals surface area contributed by atoms with E-state index >= 15 is 0 Å². The quantitative estimate of drug-likeness (QED) is 0.878. The van der Waals surface area contributed by atoms with Crippen LogP contribution >= 0.6 is 0 Å². The maximum absolute atomic E-state index is 12.8. The molecule has 6 nitrogen and oxygen atoms in total. The van der Waals surface area contributed by atoms with Crippen LogP contribution in [0.15, 0.2) is 22.9 Å². The van der Waals surface area contributed by atoms with Gasteiger partial charge in [0.25, 0.3) is 5.89 Å². The van der Waals surface area contributed by atoms with Crippen LogP contribution in [0.3, 0.4) is 0 Å². The first-order chi connectivity index (χ1) is 9.31. The predicted octanol–water partition coefficient (Wildman–Crippen LogP) is 0.676. The largest absolute Gasteiger partial charge is 0.332 e. The van der Waals surface area contributed by atoms with Crippen molar-refractivity contribution < 1.29 is 8.91 Å². The molecule has 1 fully saturated rings. The Labute approximate surface area is 109 Å². The summed E-state index contributed by atoms with van der Waals surface area (Å²) in [5.74, 6) is 0.567. The molecule has 0 bridgehead atoms. The first-order valence-electron chi connectivity index (χ1n) is 6.19. The molecule has 0 unspecified atom stereocenters. The van der Waals surface area contributed by atoms with Gasteiger partial charge in [0, 0.05) is 26.2 Å². The molecule has 2 aromatic heterocycles. The van der Waals surface area contributed by atoms with Gasteiger partial charge < -0.3 is 9.84 Å². The molecule has 1 N–H and O–H groups in total. The molecule has 19 heavy (non-hydrogen) atoms. The van der Waals surface area contributed by atoms with Gasteiger partial charge in [0.15, 0.2) is 5.82 Å². The third kappa shape index (κ3) is 2.94. The van der Waals surface area contributed by atoms with Gasteiger partial charge in [0.1, 0.15) is 11.5 Å². The first kappa shape index (κ1) is 12.2. The lowest BCUT2D eigenvalue weighted by molar-refractivity contribution is 0.225. The summed E-state index contributed by atoms with van der Waals surface area (Å²) < 4.78 is 17.9. The second-order valence-electron chi connectivity index (χ2n) is 4.40. The van der Waals surface area contributed by atoms with Crippen molar-refractivity contribution in [3.8, 4) is 11.6 Å². The summed E-state index contributed by atoms with van der Waals surface area (Å²) in [7, 11) is 0. The number of nitrogens with zero attached hydrogens (tertiary/aromatic N) is 4. The number of hydrogen-bond donors (Lipinski definition) is 1. The minimum absolute atomic E-state index is 0.324. The lowest BCUT2D eigenvalue weighted by Gasteiger charge is -2.25. The van der Waals surface area contributed by atoms with E-state index in [9.17, 15) is 4.39 Å². The van der Waals surface area contributed by atoms with E-state index < -0.39 is 0 Å². The zero-order valence-corrected chi connectivity index (χ0v) is 10.3. The molecule has 0 saturated carbocycles. The summed E-state index contributed by atoms with van der Waals surface area (Å²) in [6.07, 6.45) is 1.13. The zero-order chi connectivity index (χ0) is 13.1. The van der Waals surface area contributed by atoms with Crippen LogP contribution in [-0.2, 0) is 6.54 Å². The number of aromatic nitrogens is 3. The van der Waals surface area contributed by atoms with E-state index in [-0.39, 0.29) is 5.82 Å². The van der Waals surface area contributed by atoms with Gasteiger partial charge in [-0.05, 0) is 12.1 Å². The van der Waals surface area contributed by atoms with Crippen LogP contribution < -0.4 is 5.32 Å². The Morgan fingerprint density at radius 3 is 2.89 bits per heavy atom. The van der Waals surface area contributed by atoms with E-state index in [4.69, 9.17) is 4.52 Å². The minimum atomic E-state index is -0.385. The molecule has 0 amide bonds. The SMILES string of the molecule is Fc1ccc(-c2nc(CN3CCNCC3)no2)nc1. The third-order valence-corrected chi connectivity index (χ3v) is 2.99. The minimum Gasteiger partial charge on any atom is -0.332 e. The number of halogens is 1. The average molecular weight is 263 g/mol. The van der Waals surface area contributed by atoms with Crippen LogP contribution in [0.4, 0.5) is 4.39 Å². The summed E-state index contributed by atoms with van der Waals surface area (Å²) in [5, 5.41) is 7.21. The normalized spacial score (nSPS) is 16.7. The van der Waals surface area contributed by atoms with E-state index in [1.807, 2.05) is 0 Å². The molecule has 1 saturated heterocycles. The van der Waals surface area contributed by atoms with E-state index in [0.29, 0.717) is 24.0 Å². The summed E-state index contributed by atoms with van der Waals surface area (Å²) in [4.78, 5) is 10.4. The van der Waals surface area contributed by atoms with Gasteiger partial charge in [-0.2, -0.15) is 4.98 Å². The Bertz CT molecular complexity index is 535. The molecule has 0 aromatic carbocycles. The highest BCUT2D eigenvalue weighted by molar-refractivity contribution is 5.45. The summed E-state index contributed by atoms with van der Waals surface area (Å²) in [6, 6.07) is 2.85. The van der Waals surface area contributed by atoms with E-state index in [2.05, 4.69) is 25.3 Å². The fourth-order valence-corrected chi connectivity index (χ4v) is 1.99. The van der Waals surface area contributed by atoms with Crippen LogP contribution in [0.1, 0.15) is 5.82 Å². The van der Waals surface area contributed by atoms with Gasteiger partial charge in [0.2, 0.25) is 0 Å². The molecule has 100 valence electrons. The first-order valence-corrected chi connectivity index (χ1v) is 6.19. The molecule has 3 rings (SSSR count). The second-order valence-corrected chi connectivity index (χ2v) is 4.40. The van der Waals surface area contributed by atoms with Crippen LogP contribution in [0, 0.1) is 5.82 Å². The van der Waals surface area contributed by atoms with Crippen molar-refractivity contribution in [2.75, 3.05) is 26.2 Å². The summed E-state index contributed by atoms with van der Waals surface area (Å²) in [6.45, 7) is 4.55. The highest BCUT2D eigenvalue weighted by atomic mass is 19.1. The van der Waals surface area contributed by atoms with Gasteiger partial charge in [-0.1, -0.05) is 5.16 Å². The van der Waals surface area contributed by atoms with Crippen LogP contribution in [0.2, 0.25) is 0 Å². The lowest BCUT2D eigenvalue weighted by Crippen LogP contribution is -2.43. The monoisotopic (exact) mass is 263 g/mol. The zero-order valence-electron chi connectivity index (χ0n) is 10.3. The van der Waals surface area contributed by atoms with Gasteiger partial charge in [-0.15, -0.1) is 0 Å². The number of nitrogens with one attached hydrogen (secondary N) is 1. The molecular formula is C12H14FN5O. The Morgan fingerprint density at radius 2 is 2.16 bits per heavy atom. The summed E-state index contributed by atoms with van der Waals surface area (Å²) >= 11 is 0. The molecule has 1 aliphatic rings. The average Bonchev–Trinajstić information content (AvgIpc) is 2.89. The Morgan fingerprint density at radius 1 is 1.32 bits per heavy atom. The molecule has 2 aromatic rings. The molecule has 7 heteroatoms. The van der Waals surface area contributed by atoms with Crippen molar-refractivity contribution in [2.24, 2.45) is 0 Å². The second kappa shape index (κ2) is 5.41. The molecule has 0 spiro atoms. The summed E-state index contributed by atoms with van der Waals surface area (Å²) in [5.41, 5.74) is 0.487. The number of piperazine rings is 1. The maximum atomic E-state index is 12.8. The molecule has 1 aliphatic heterocycles. The predicted molar refractivity (Wildman–Crippen MR) is 65.6 cm³/mol. The van der Waals surface area contributed by atoms with Gasteiger partial charge >= 0.3 is 0 Å². The Kier molecular flexibility index (Phi) is 3.47. The van der Waals surface area contributed by atoms with Gasteiger partial charge in [-0.25, -0.2) is 9.37 Å². The van der Waals surface area contributed by atoms with Gasteiger partial charge in [0.05, 0.1) is 12.7 Å². The molecule has 3 heterocycles.